The highest BCUT2D eigenvalue weighted by Gasteiger charge is 2.32. The minimum absolute atomic E-state index is 0.928. The molecule has 0 unspecified atom stereocenters. The van der Waals surface area contributed by atoms with E-state index in [1.54, 1.807) is 11.8 Å². The lowest BCUT2D eigenvalue weighted by molar-refractivity contribution is 0.650. The van der Waals surface area contributed by atoms with Gasteiger partial charge in [-0.15, -0.1) is 11.3 Å². The van der Waals surface area contributed by atoms with Crippen LogP contribution in [-0.4, -0.2) is 23.2 Å². The maximum atomic E-state index is 4.55. The fourth-order valence-electron chi connectivity index (χ4n) is 2.37. The van der Waals surface area contributed by atoms with Crippen molar-refractivity contribution in [2.24, 2.45) is 4.99 Å². The molecular weight excluding hydrogens is 375 g/mol. The first-order valence-electron chi connectivity index (χ1n) is 5.71. The third kappa shape index (κ3) is 1.57. The zero-order valence-corrected chi connectivity index (χ0v) is 13.2. The highest BCUT2D eigenvalue weighted by molar-refractivity contribution is 14.1. The van der Waals surface area contributed by atoms with Gasteiger partial charge in [0, 0.05) is 27.6 Å². The lowest BCUT2D eigenvalue weighted by Gasteiger charge is -2.16. The molecule has 0 saturated carbocycles. The van der Waals surface area contributed by atoms with E-state index >= 15 is 0 Å². The van der Waals surface area contributed by atoms with Crippen molar-refractivity contribution in [2.75, 3.05) is 13.1 Å². The number of fused-ring (bicyclic) bond motifs is 2. The van der Waals surface area contributed by atoms with Crippen LogP contribution in [0.2, 0.25) is 0 Å². The standard InChI is InChI=1S/C13H9IN2S2/c14-12-11(16-6-5-15-13(16)18-12)9-7-17-10-4-2-1-3-8(9)10/h1-4,7H,5-6H2. The second-order valence-electron chi connectivity index (χ2n) is 4.19. The Kier molecular flexibility index (Phi) is 2.67. The first-order valence-corrected chi connectivity index (χ1v) is 8.48. The zero-order chi connectivity index (χ0) is 12.1. The molecule has 18 heavy (non-hydrogen) atoms. The van der Waals surface area contributed by atoms with Crippen molar-refractivity contribution in [2.45, 2.75) is 0 Å². The Balaban J connectivity index is 1.93. The van der Waals surface area contributed by atoms with Gasteiger partial charge in [-0.1, -0.05) is 18.2 Å². The normalized spacial score (nSPS) is 18.7. The van der Waals surface area contributed by atoms with Crippen LogP contribution in [0.4, 0.5) is 0 Å². The summed E-state index contributed by atoms with van der Waals surface area (Å²) in [5.41, 5.74) is 2.72. The molecule has 90 valence electrons. The van der Waals surface area contributed by atoms with Crippen LogP contribution in [0.1, 0.15) is 5.56 Å². The Morgan fingerprint density at radius 2 is 2.17 bits per heavy atom. The van der Waals surface area contributed by atoms with Gasteiger partial charge in [-0.2, -0.15) is 0 Å². The average Bonchev–Trinajstić information content (AvgIpc) is 3.03. The lowest BCUT2D eigenvalue weighted by atomic mass is 10.1. The molecule has 0 fully saturated rings. The summed E-state index contributed by atoms with van der Waals surface area (Å²) in [5.74, 6) is 0. The van der Waals surface area contributed by atoms with E-state index in [1.165, 1.54) is 29.4 Å². The van der Waals surface area contributed by atoms with E-state index in [1.807, 2.05) is 11.3 Å². The Morgan fingerprint density at radius 3 is 3.11 bits per heavy atom. The Hall–Kier alpha value is -0.530. The van der Waals surface area contributed by atoms with E-state index in [0.717, 1.165) is 13.1 Å². The molecule has 5 heteroatoms. The minimum Gasteiger partial charge on any atom is -0.317 e. The van der Waals surface area contributed by atoms with Crippen molar-refractivity contribution in [1.29, 1.82) is 0 Å². The van der Waals surface area contributed by atoms with Crippen LogP contribution in [0.25, 0.3) is 15.8 Å². The second kappa shape index (κ2) is 4.25. The predicted molar refractivity (Wildman–Crippen MR) is 89.4 cm³/mol. The maximum absolute atomic E-state index is 4.55. The van der Waals surface area contributed by atoms with E-state index in [-0.39, 0.29) is 0 Å². The number of thioether (sulfide) groups is 1. The number of hydrogen-bond acceptors (Lipinski definition) is 4. The molecule has 4 rings (SSSR count). The molecule has 0 N–H and O–H groups in total. The quantitative estimate of drug-likeness (QED) is 0.679. The number of amidine groups is 1. The molecule has 2 aliphatic heterocycles. The average molecular weight is 384 g/mol. The second-order valence-corrected chi connectivity index (χ2v) is 7.89. The van der Waals surface area contributed by atoms with Crippen LogP contribution in [0.15, 0.2) is 37.5 Å². The van der Waals surface area contributed by atoms with Gasteiger partial charge in [-0.25, -0.2) is 0 Å². The monoisotopic (exact) mass is 384 g/mol. The summed E-state index contributed by atoms with van der Waals surface area (Å²) in [6.07, 6.45) is 0. The van der Waals surface area contributed by atoms with Crippen molar-refractivity contribution in [3.05, 3.63) is 38.1 Å². The van der Waals surface area contributed by atoms with Crippen LogP contribution in [0.5, 0.6) is 0 Å². The summed E-state index contributed by atoms with van der Waals surface area (Å²) in [7, 11) is 0. The molecule has 0 spiro atoms. The van der Waals surface area contributed by atoms with Gasteiger partial charge in [0.15, 0.2) is 5.17 Å². The molecule has 3 heterocycles. The van der Waals surface area contributed by atoms with Crippen LogP contribution >= 0.6 is 45.7 Å². The summed E-state index contributed by atoms with van der Waals surface area (Å²) in [6, 6.07) is 8.63. The predicted octanol–water partition coefficient (Wildman–Crippen LogP) is 4.38. The molecule has 0 atom stereocenters. The molecule has 2 nitrogen and oxygen atoms in total. The third-order valence-electron chi connectivity index (χ3n) is 3.17. The summed E-state index contributed by atoms with van der Waals surface area (Å²) in [6.45, 7) is 1.95. The van der Waals surface area contributed by atoms with Crippen molar-refractivity contribution in [3.63, 3.8) is 0 Å². The molecule has 0 saturated heterocycles. The summed E-state index contributed by atoms with van der Waals surface area (Å²) in [4.78, 5) is 6.91. The number of nitrogens with zero attached hydrogens (tertiary/aromatic N) is 2. The van der Waals surface area contributed by atoms with Crippen molar-refractivity contribution in [1.82, 2.24) is 4.90 Å². The molecule has 0 aliphatic carbocycles. The fourth-order valence-corrected chi connectivity index (χ4v) is 5.41. The minimum atomic E-state index is 0.928. The van der Waals surface area contributed by atoms with Gasteiger partial charge in [0.25, 0.3) is 0 Å². The lowest BCUT2D eigenvalue weighted by Crippen LogP contribution is -2.19. The van der Waals surface area contributed by atoms with E-state index in [0.29, 0.717) is 0 Å². The number of thiophene rings is 1. The van der Waals surface area contributed by atoms with Gasteiger partial charge in [-0.05, 0) is 40.4 Å². The Labute approximate surface area is 127 Å². The SMILES string of the molecule is IC1=C(c2csc3ccccc23)N2CCN=C2S1. The fraction of sp³-hybridized carbons (Fsp3) is 0.154. The molecule has 1 aromatic carbocycles. The Bertz CT molecular complexity index is 702. The number of aliphatic imine (C=N–C) groups is 1. The van der Waals surface area contributed by atoms with E-state index in [2.05, 4.69) is 62.1 Å². The molecule has 1 aromatic heterocycles. The van der Waals surface area contributed by atoms with E-state index in [4.69, 9.17) is 0 Å². The summed E-state index contributed by atoms with van der Waals surface area (Å²) in [5, 5.41) is 4.81. The van der Waals surface area contributed by atoms with Crippen LogP contribution in [0, 0.1) is 0 Å². The Morgan fingerprint density at radius 1 is 1.28 bits per heavy atom. The summed E-state index contributed by atoms with van der Waals surface area (Å²) >= 11 is 6.06. The van der Waals surface area contributed by atoms with Crippen LogP contribution < -0.4 is 0 Å². The number of halogens is 1. The first kappa shape index (κ1) is 11.3. The molecule has 0 radical (unpaired) electrons. The highest BCUT2D eigenvalue weighted by Crippen LogP contribution is 2.47. The first-order chi connectivity index (χ1) is 8.84. The highest BCUT2D eigenvalue weighted by atomic mass is 127. The number of benzene rings is 1. The van der Waals surface area contributed by atoms with Crippen molar-refractivity contribution >= 4 is 66.6 Å². The molecule has 2 aliphatic rings. The molecule has 0 bridgehead atoms. The maximum Gasteiger partial charge on any atom is 0.169 e. The van der Waals surface area contributed by atoms with Gasteiger partial charge < -0.3 is 4.90 Å². The van der Waals surface area contributed by atoms with Crippen LogP contribution in [0.3, 0.4) is 0 Å². The molecule has 2 aromatic rings. The van der Waals surface area contributed by atoms with Crippen LogP contribution in [-0.2, 0) is 0 Å². The number of hydrogen-bond donors (Lipinski definition) is 0. The topological polar surface area (TPSA) is 15.6 Å². The molecular formula is C13H9IN2S2. The van der Waals surface area contributed by atoms with E-state index in [9.17, 15) is 0 Å². The largest absolute Gasteiger partial charge is 0.317 e. The van der Waals surface area contributed by atoms with Gasteiger partial charge in [-0.3, -0.25) is 4.99 Å². The van der Waals surface area contributed by atoms with Crippen molar-refractivity contribution < 1.29 is 0 Å². The van der Waals surface area contributed by atoms with Crippen molar-refractivity contribution in [3.8, 4) is 0 Å². The van der Waals surface area contributed by atoms with Gasteiger partial charge in [0.1, 0.15) is 0 Å². The smallest absolute Gasteiger partial charge is 0.169 e. The van der Waals surface area contributed by atoms with Gasteiger partial charge in [0.2, 0.25) is 0 Å². The van der Waals surface area contributed by atoms with Gasteiger partial charge >= 0.3 is 0 Å². The van der Waals surface area contributed by atoms with E-state index < -0.39 is 0 Å². The van der Waals surface area contributed by atoms with Gasteiger partial charge in [0.05, 0.1) is 15.2 Å². The molecule has 0 amide bonds. The number of rotatable bonds is 1. The summed E-state index contributed by atoms with van der Waals surface area (Å²) < 4.78 is 2.70. The third-order valence-corrected chi connectivity index (χ3v) is 6.21. The zero-order valence-electron chi connectivity index (χ0n) is 9.39.